The number of amides is 1. The van der Waals surface area contributed by atoms with Crippen LogP contribution in [0.2, 0.25) is 5.02 Å². The van der Waals surface area contributed by atoms with E-state index < -0.39 is 22.7 Å². The highest BCUT2D eigenvalue weighted by atomic mass is 35.5. The quantitative estimate of drug-likeness (QED) is 0.280. The van der Waals surface area contributed by atoms with Gasteiger partial charge < -0.3 is 4.74 Å². The number of nitro groups is 1. The lowest BCUT2D eigenvalue weighted by molar-refractivity contribution is -0.384. The third-order valence-corrected chi connectivity index (χ3v) is 2.97. The van der Waals surface area contributed by atoms with Gasteiger partial charge in [-0.1, -0.05) is 17.7 Å². The van der Waals surface area contributed by atoms with Crippen LogP contribution in [0.25, 0.3) is 0 Å². The number of aliphatic imine (C=N–C) groups is 1. The molecule has 0 spiro atoms. The van der Waals surface area contributed by atoms with E-state index in [4.69, 9.17) is 16.3 Å². The zero-order valence-corrected chi connectivity index (χ0v) is 11.5. The van der Waals surface area contributed by atoms with Crippen molar-refractivity contribution in [3.05, 3.63) is 45.5 Å². The molecule has 0 saturated heterocycles. The first-order valence-corrected chi connectivity index (χ1v) is 6.19. The first kappa shape index (κ1) is 14.9. The number of hydrogen-bond acceptors (Lipinski definition) is 5. The van der Waals surface area contributed by atoms with Gasteiger partial charge in [0.25, 0.3) is 11.6 Å². The highest BCUT2D eigenvalue weighted by Gasteiger charge is 2.28. The minimum atomic E-state index is -1.12. The molecule has 1 aromatic carbocycles. The van der Waals surface area contributed by atoms with E-state index >= 15 is 0 Å². The summed E-state index contributed by atoms with van der Waals surface area (Å²) in [6.07, 6.45) is 2.93. The lowest BCUT2D eigenvalue weighted by atomic mass is 10.1. The topological polar surface area (TPSA) is 98.9 Å². The summed E-state index contributed by atoms with van der Waals surface area (Å²) in [6.45, 7) is 1.63. The Morgan fingerprint density at radius 1 is 1.48 bits per heavy atom. The summed E-state index contributed by atoms with van der Waals surface area (Å²) in [5.41, 5.74) is 0.202. The van der Waals surface area contributed by atoms with Gasteiger partial charge >= 0.3 is 5.97 Å². The Hall–Kier alpha value is -2.54. The Bertz CT molecular complexity index is 696. The Labute approximate surface area is 124 Å². The van der Waals surface area contributed by atoms with Gasteiger partial charge in [0.15, 0.2) is 5.92 Å². The van der Waals surface area contributed by atoms with Crippen LogP contribution in [0.5, 0.6) is 5.75 Å². The van der Waals surface area contributed by atoms with Crippen LogP contribution in [0, 0.1) is 16.0 Å². The van der Waals surface area contributed by atoms with Gasteiger partial charge in [-0.3, -0.25) is 19.7 Å². The molecule has 0 radical (unpaired) electrons. The maximum atomic E-state index is 11.9. The molecule has 1 heterocycles. The van der Waals surface area contributed by atoms with E-state index in [1.54, 1.807) is 6.92 Å². The molecule has 1 amide bonds. The maximum Gasteiger partial charge on any atom is 0.327 e. The van der Waals surface area contributed by atoms with E-state index in [0.717, 1.165) is 12.1 Å². The van der Waals surface area contributed by atoms with E-state index in [1.165, 1.54) is 18.2 Å². The molecule has 8 heteroatoms. The van der Waals surface area contributed by atoms with Crippen LogP contribution in [0.3, 0.4) is 0 Å². The predicted molar refractivity (Wildman–Crippen MR) is 74.5 cm³/mol. The predicted octanol–water partition coefficient (Wildman–Crippen LogP) is 2.33. The van der Waals surface area contributed by atoms with Gasteiger partial charge in [-0.2, -0.15) is 0 Å². The summed E-state index contributed by atoms with van der Waals surface area (Å²) in [6, 6.07) is 3.49. The van der Waals surface area contributed by atoms with Crippen molar-refractivity contribution >= 4 is 34.9 Å². The molecule has 1 unspecified atom stereocenters. The monoisotopic (exact) mass is 308 g/mol. The highest BCUT2D eigenvalue weighted by molar-refractivity contribution is 6.32. The zero-order valence-electron chi connectivity index (χ0n) is 10.8. The number of halogens is 1. The Kier molecular flexibility index (Phi) is 4.13. The first-order valence-electron chi connectivity index (χ1n) is 5.81. The summed E-state index contributed by atoms with van der Waals surface area (Å²) >= 11 is 5.71. The van der Waals surface area contributed by atoms with E-state index in [2.05, 4.69) is 4.99 Å². The second kappa shape index (κ2) is 5.84. The molecule has 0 aliphatic carbocycles. The van der Waals surface area contributed by atoms with Crippen LogP contribution < -0.4 is 4.74 Å². The molecule has 0 saturated carbocycles. The fourth-order valence-corrected chi connectivity index (χ4v) is 1.90. The molecular formula is C13H9ClN2O5. The van der Waals surface area contributed by atoms with Gasteiger partial charge in [0.2, 0.25) is 0 Å². The van der Waals surface area contributed by atoms with E-state index in [9.17, 15) is 19.7 Å². The molecule has 0 aromatic heterocycles. The highest BCUT2D eigenvalue weighted by Crippen LogP contribution is 2.29. The molecule has 2 rings (SSSR count). The molecule has 1 aliphatic heterocycles. The van der Waals surface area contributed by atoms with Crippen molar-refractivity contribution in [1.29, 1.82) is 0 Å². The maximum absolute atomic E-state index is 11.9. The normalized spacial score (nSPS) is 17.3. The number of ether oxygens (including phenoxy) is 1. The number of carbonyl (C=O) groups is 2. The van der Waals surface area contributed by atoms with Gasteiger partial charge in [0.1, 0.15) is 10.8 Å². The SMILES string of the molecule is CC1=NC(=O)C(C(=O)Oc2ccc([N+](=O)[O-])c(Cl)c2)C=C1. The number of hydrogen-bond donors (Lipinski definition) is 0. The number of rotatable bonds is 3. The van der Waals surface area contributed by atoms with Gasteiger partial charge in [-0.25, -0.2) is 4.99 Å². The van der Waals surface area contributed by atoms with Crippen molar-refractivity contribution in [3.63, 3.8) is 0 Å². The summed E-state index contributed by atoms with van der Waals surface area (Å²) < 4.78 is 4.99. The van der Waals surface area contributed by atoms with Crippen molar-refractivity contribution in [1.82, 2.24) is 0 Å². The molecular weight excluding hydrogens is 300 g/mol. The van der Waals surface area contributed by atoms with E-state index in [-0.39, 0.29) is 16.5 Å². The number of nitro benzene ring substituents is 1. The summed E-state index contributed by atoms with van der Waals surface area (Å²) in [5, 5.41) is 10.5. The number of dihydropyridines is 1. The molecule has 0 fully saturated rings. The number of allylic oxidation sites excluding steroid dienone is 1. The van der Waals surface area contributed by atoms with Crippen molar-refractivity contribution in [3.8, 4) is 5.75 Å². The van der Waals surface area contributed by atoms with E-state index in [1.807, 2.05) is 0 Å². The van der Waals surface area contributed by atoms with Crippen LogP contribution >= 0.6 is 11.6 Å². The molecule has 0 N–H and O–H groups in total. The molecule has 1 aliphatic rings. The average molecular weight is 309 g/mol. The fourth-order valence-electron chi connectivity index (χ4n) is 1.66. The minimum absolute atomic E-state index is 0.0167. The number of esters is 1. The van der Waals surface area contributed by atoms with Crippen LogP contribution in [-0.2, 0) is 9.59 Å². The Morgan fingerprint density at radius 2 is 2.19 bits per heavy atom. The molecule has 21 heavy (non-hydrogen) atoms. The molecule has 108 valence electrons. The van der Waals surface area contributed by atoms with Crippen molar-refractivity contribution < 1.29 is 19.2 Å². The van der Waals surface area contributed by atoms with Crippen LogP contribution in [0.4, 0.5) is 5.69 Å². The third kappa shape index (κ3) is 3.32. The largest absolute Gasteiger partial charge is 0.426 e. The standard InChI is InChI=1S/C13H9ClN2O5/c1-7-2-4-9(12(17)15-7)13(18)21-8-3-5-11(16(19)20)10(14)6-8/h2-6,9H,1H3. The van der Waals surface area contributed by atoms with Crippen molar-refractivity contribution in [2.45, 2.75) is 6.92 Å². The summed E-state index contributed by atoms with van der Waals surface area (Å²) in [7, 11) is 0. The lowest BCUT2D eigenvalue weighted by Gasteiger charge is -2.12. The van der Waals surface area contributed by atoms with Crippen molar-refractivity contribution in [2.75, 3.05) is 0 Å². The Balaban J connectivity index is 2.14. The van der Waals surface area contributed by atoms with Gasteiger partial charge in [-0.05, 0) is 19.1 Å². The third-order valence-electron chi connectivity index (χ3n) is 2.67. The second-order valence-corrected chi connectivity index (χ2v) is 4.63. The summed E-state index contributed by atoms with van der Waals surface area (Å²) in [5.74, 6) is -2.55. The van der Waals surface area contributed by atoms with E-state index in [0.29, 0.717) is 5.71 Å². The van der Waals surface area contributed by atoms with Crippen molar-refractivity contribution in [2.24, 2.45) is 10.9 Å². The summed E-state index contributed by atoms with van der Waals surface area (Å²) in [4.78, 5) is 37.1. The minimum Gasteiger partial charge on any atom is -0.426 e. The fraction of sp³-hybridized carbons (Fsp3) is 0.154. The lowest BCUT2D eigenvalue weighted by Crippen LogP contribution is -2.28. The van der Waals surface area contributed by atoms with Crippen LogP contribution in [0.1, 0.15) is 6.92 Å². The molecule has 0 bridgehead atoms. The Morgan fingerprint density at radius 3 is 2.76 bits per heavy atom. The van der Waals surface area contributed by atoms with Gasteiger partial charge in [0, 0.05) is 17.8 Å². The zero-order chi connectivity index (χ0) is 15.6. The van der Waals surface area contributed by atoms with Crippen LogP contribution in [0.15, 0.2) is 35.3 Å². The van der Waals surface area contributed by atoms with Gasteiger partial charge in [-0.15, -0.1) is 0 Å². The molecule has 1 atom stereocenters. The number of benzene rings is 1. The molecule has 7 nitrogen and oxygen atoms in total. The van der Waals surface area contributed by atoms with Crippen LogP contribution in [-0.4, -0.2) is 22.5 Å². The van der Waals surface area contributed by atoms with Gasteiger partial charge in [0.05, 0.1) is 4.92 Å². The second-order valence-electron chi connectivity index (χ2n) is 4.22. The smallest absolute Gasteiger partial charge is 0.327 e. The average Bonchev–Trinajstić information content (AvgIpc) is 2.37. The number of carbonyl (C=O) groups excluding carboxylic acids is 2. The first-order chi connectivity index (χ1) is 9.88. The number of nitrogens with zero attached hydrogens (tertiary/aromatic N) is 2. The molecule has 1 aromatic rings.